The second kappa shape index (κ2) is 8.09. The van der Waals surface area contributed by atoms with Gasteiger partial charge in [-0.1, -0.05) is 41.6 Å². The summed E-state index contributed by atoms with van der Waals surface area (Å²) in [4.78, 5) is 4.70. The third-order valence-corrected chi connectivity index (χ3v) is 5.33. The number of halogens is 3. The maximum Gasteiger partial charge on any atom is 0.416 e. The number of alkyl halides is 3. The lowest BCUT2D eigenvalue weighted by molar-refractivity contribution is -0.137. The zero-order chi connectivity index (χ0) is 23.0. The summed E-state index contributed by atoms with van der Waals surface area (Å²) in [7, 11) is 1.61. The van der Waals surface area contributed by atoms with Crippen molar-refractivity contribution in [2.75, 3.05) is 12.4 Å². The van der Waals surface area contributed by atoms with Gasteiger partial charge in [-0.3, -0.25) is 0 Å². The molecule has 5 aromatic rings. The molecule has 2 aromatic heterocycles. The van der Waals surface area contributed by atoms with Crippen LogP contribution >= 0.6 is 0 Å². The first-order valence-corrected chi connectivity index (χ1v) is 10.1. The number of nitrogens with zero attached hydrogens (tertiary/aromatic N) is 4. The molecule has 6 nitrogen and oxygen atoms in total. The molecule has 0 amide bonds. The van der Waals surface area contributed by atoms with Crippen LogP contribution in [-0.2, 0) is 12.7 Å². The second-order valence-electron chi connectivity index (χ2n) is 7.43. The summed E-state index contributed by atoms with van der Waals surface area (Å²) in [6.45, 7) is 0.498. The topological polar surface area (TPSA) is 64.3 Å². The minimum absolute atomic E-state index is 0.277. The Bertz CT molecular complexity index is 1440. The van der Waals surface area contributed by atoms with Gasteiger partial charge in [0.05, 0.1) is 18.2 Å². The van der Waals surface area contributed by atoms with Crippen molar-refractivity contribution in [2.45, 2.75) is 12.7 Å². The molecule has 0 bridgehead atoms. The molecule has 0 aliphatic carbocycles. The number of benzene rings is 3. The Morgan fingerprint density at radius 3 is 2.52 bits per heavy atom. The lowest BCUT2D eigenvalue weighted by Gasteiger charge is -2.11. The van der Waals surface area contributed by atoms with E-state index in [0.29, 0.717) is 23.6 Å². The van der Waals surface area contributed by atoms with Gasteiger partial charge in [0.2, 0.25) is 0 Å². The first-order valence-electron chi connectivity index (χ1n) is 10.1. The molecule has 0 atom stereocenters. The van der Waals surface area contributed by atoms with E-state index in [-0.39, 0.29) is 5.69 Å². The van der Waals surface area contributed by atoms with Gasteiger partial charge in [0.25, 0.3) is 0 Å². The normalized spacial score (nSPS) is 11.8. The van der Waals surface area contributed by atoms with Crippen molar-refractivity contribution in [1.29, 1.82) is 0 Å². The summed E-state index contributed by atoms with van der Waals surface area (Å²) in [6.07, 6.45) is -4.45. The van der Waals surface area contributed by atoms with Gasteiger partial charge < -0.3 is 10.1 Å². The predicted molar refractivity (Wildman–Crippen MR) is 119 cm³/mol. The van der Waals surface area contributed by atoms with Gasteiger partial charge in [0.1, 0.15) is 17.3 Å². The van der Waals surface area contributed by atoms with Gasteiger partial charge in [-0.25, -0.2) is 4.98 Å². The number of para-hydroxylation sites is 1. The quantitative estimate of drug-likeness (QED) is 0.379. The van der Waals surface area contributed by atoms with Crippen LogP contribution in [0.25, 0.3) is 27.8 Å². The first kappa shape index (κ1) is 20.7. The molecule has 9 heteroatoms. The minimum atomic E-state index is -4.45. The van der Waals surface area contributed by atoms with E-state index >= 15 is 0 Å². The molecule has 0 unspecified atom stereocenters. The standard InChI is InChI=1S/C24H18F3N5O/c1-33-18-11-9-15(10-12-18)14-28-22-19-7-2-3-8-20(19)32-23(29-22)21(30-31-32)16-5-4-6-17(13-16)24(25,26)27/h2-13H,14H2,1H3,(H,28,29). The molecule has 0 aliphatic heterocycles. The molecule has 0 saturated heterocycles. The van der Waals surface area contributed by atoms with E-state index < -0.39 is 11.7 Å². The monoisotopic (exact) mass is 449 g/mol. The highest BCUT2D eigenvalue weighted by molar-refractivity contribution is 5.93. The number of hydrogen-bond acceptors (Lipinski definition) is 5. The minimum Gasteiger partial charge on any atom is -0.497 e. The second-order valence-corrected chi connectivity index (χ2v) is 7.43. The lowest BCUT2D eigenvalue weighted by Crippen LogP contribution is -2.05. The molecule has 1 N–H and O–H groups in total. The Labute approximate surface area is 186 Å². The molecular weight excluding hydrogens is 431 g/mol. The van der Waals surface area contributed by atoms with Crippen molar-refractivity contribution in [3.8, 4) is 17.0 Å². The van der Waals surface area contributed by atoms with E-state index in [1.807, 2.05) is 48.5 Å². The Morgan fingerprint density at radius 1 is 0.970 bits per heavy atom. The molecule has 0 spiro atoms. The molecule has 33 heavy (non-hydrogen) atoms. The van der Waals surface area contributed by atoms with Gasteiger partial charge in [0.15, 0.2) is 5.65 Å². The van der Waals surface area contributed by atoms with Crippen molar-refractivity contribution in [1.82, 2.24) is 19.8 Å². The Hall–Kier alpha value is -4.14. The van der Waals surface area contributed by atoms with E-state index in [9.17, 15) is 13.2 Å². The molecule has 166 valence electrons. The Balaban J connectivity index is 1.59. The van der Waals surface area contributed by atoms with Crippen LogP contribution in [0, 0.1) is 0 Å². The SMILES string of the molecule is COc1ccc(CNc2nc3c(-c4cccc(C(F)(F)F)c4)nnn3c3ccccc23)cc1. The summed E-state index contributed by atoms with van der Waals surface area (Å²) in [5.74, 6) is 1.35. The number of fused-ring (bicyclic) bond motifs is 3. The maximum atomic E-state index is 13.2. The first-order chi connectivity index (χ1) is 15.9. The Kier molecular flexibility index (Phi) is 5.08. The van der Waals surface area contributed by atoms with Crippen LogP contribution in [-0.4, -0.2) is 26.9 Å². The highest BCUT2D eigenvalue weighted by Crippen LogP contribution is 2.33. The van der Waals surface area contributed by atoms with Gasteiger partial charge >= 0.3 is 6.18 Å². The zero-order valence-corrected chi connectivity index (χ0v) is 17.5. The van der Waals surface area contributed by atoms with Crippen molar-refractivity contribution in [3.05, 3.63) is 83.9 Å². The molecule has 0 aliphatic rings. The maximum absolute atomic E-state index is 13.2. The van der Waals surface area contributed by atoms with Crippen LogP contribution in [0.4, 0.5) is 19.0 Å². The fourth-order valence-electron chi connectivity index (χ4n) is 3.66. The third kappa shape index (κ3) is 3.93. The molecule has 3 aromatic carbocycles. The predicted octanol–water partition coefficient (Wildman–Crippen LogP) is 5.58. The summed E-state index contributed by atoms with van der Waals surface area (Å²) in [5.41, 5.74) is 1.95. The lowest BCUT2D eigenvalue weighted by atomic mass is 10.1. The summed E-state index contributed by atoms with van der Waals surface area (Å²) in [6, 6.07) is 20.2. The molecule has 2 heterocycles. The van der Waals surface area contributed by atoms with Crippen molar-refractivity contribution < 1.29 is 17.9 Å². The summed E-state index contributed by atoms with van der Waals surface area (Å²) < 4.78 is 46.4. The number of methoxy groups -OCH3 is 1. The van der Waals surface area contributed by atoms with E-state index in [0.717, 1.165) is 34.3 Å². The van der Waals surface area contributed by atoms with Crippen LogP contribution in [0.2, 0.25) is 0 Å². The van der Waals surface area contributed by atoms with Crippen molar-refractivity contribution >= 4 is 22.4 Å². The molecule has 0 fully saturated rings. The fourth-order valence-corrected chi connectivity index (χ4v) is 3.66. The number of rotatable bonds is 5. The van der Waals surface area contributed by atoms with Gasteiger partial charge in [-0.15, -0.1) is 5.10 Å². The molecule has 5 rings (SSSR count). The summed E-state index contributed by atoms with van der Waals surface area (Å²) in [5, 5.41) is 12.5. The van der Waals surface area contributed by atoms with Crippen LogP contribution in [0.5, 0.6) is 5.75 Å². The number of hydrogen-bond donors (Lipinski definition) is 1. The van der Waals surface area contributed by atoms with E-state index in [4.69, 9.17) is 9.72 Å². The largest absolute Gasteiger partial charge is 0.497 e. The average molecular weight is 449 g/mol. The number of anilines is 1. The van der Waals surface area contributed by atoms with Gasteiger partial charge in [-0.05, 0) is 42.0 Å². The highest BCUT2D eigenvalue weighted by atomic mass is 19.4. The van der Waals surface area contributed by atoms with Gasteiger partial charge in [0, 0.05) is 17.5 Å². The number of nitrogens with one attached hydrogen (secondary N) is 1. The third-order valence-electron chi connectivity index (χ3n) is 5.33. The summed E-state index contributed by atoms with van der Waals surface area (Å²) >= 11 is 0. The zero-order valence-electron chi connectivity index (χ0n) is 17.5. The molecule has 0 saturated carbocycles. The number of ether oxygens (including phenoxy) is 1. The molecular formula is C24H18F3N5O. The average Bonchev–Trinajstić information content (AvgIpc) is 3.26. The fraction of sp³-hybridized carbons (Fsp3) is 0.125. The highest BCUT2D eigenvalue weighted by Gasteiger charge is 2.31. The van der Waals surface area contributed by atoms with Crippen molar-refractivity contribution in [2.24, 2.45) is 0 Å². The van der Waals surface area contributed by atoms with E-state index in [2.05, 4.69) is 15.6 Å². The van der Waals surface area contributed by atoms with Crippen molar-refractivity contribution in [3.63, 3.8) is 0 Å². The van der Waals surface area contributed by atoms with Crippen LogP contribution in [0.1, 0.15) is 11.1 Å². The van der Waals surface area contributed by atoms with Crippen LogP contribution < -0.4 is 10.1 Å². The van der Waals surface area contributed by atoms with Crippen LogP contribution in [0.15, 0.2) is 72.8 Å². The van der Waals surface area contributed by atoms with E-state index in [1.165, 1.54) is 6.07 Å². The smallest absolute Gasteiger partial charge is 0.416 e. The van der Waals surface area contributed by atoms with E-state index in [1.54, 1.807) is 17.7 Å². The Morgan fingerprint density at radius 2 is 1.76 bits per heavy atom. The molecule has 0 radical (unpaired) electrons. The van der Waals surface area contributed by atoms with Gasteiger partial charge in [-0.2, -0.15) is 17.7 Å². The van der Waals surface area contributed by atoms with Crippen LogP contribution in [0.3, 0.4) is 0 Å². The number of aromatic nitrogens is 4.